The van der Waals surface area contributed by atoms with Crippen molar-refractivity contribution >= 4 is 11.9 Å². The first-order chi connectivity index (χ1) is 8.81. The van der Waals surface area contributed by atoms with E-state index in [0.29, 0.717) is 23.4 Å². The largest absolute Gasteiger partial charge is 0.477 e. The Morgan fingerprint density at radius 3 is 2.42 bits per heavy atom. The summed E-state index contributed by atoms with van der Waals surface area (Å²) in [5.74, 6) is -1.27. The number of rotatable bonds is 5. The van der Waals surface area contributed by atoms with Crippen molar-refractivity contribution in [1.29, 1.82) is 0 Å². The summed E-state index contributed by atoms with van der Waals surface area (Å²) in [4.78, 5) is 27.7. The molecule has 0 fully saturated rings. The quantitative estimate of drug-likeness (QED) is 0.846. The molecule has 6 heteroatoms. The summed E-state index contributed by atoms with van der Waals surface area (Å²) in [5, 5.41) is 9.04. The van der Waals surface area contributed by atoms with Crippen LogP contribution in [0.5, 0.6) is 0 Å². The minimum absolute atomic E-state index is 0.0636. The molecule has 106 valence electrons. The summed E-state index contributed by atoms with van der Waals surface area (Å²) in [6.45, 7) is 5.63. The number of aromatic nitrogens is 1. The van der Waals surface area contributed by atoms with Crippen molar-refractivity contribution < 1.29 is 19.4 Å². The lowest BCUT2D eigenvalue weighted by atomic mass is 10.1. The molecular formula is C13H20N2O4. The van der Waals surface area contributed by atoms with Gasteiger partial charge in [0.15, 0.2) is 0 Å². The van der Waals surface area contributed by atoms with Crippen LogP contribution in [0.15, 0.2) is 0 Å². The zero-order chi connectivity index (χ0) is 14.7. The Hall–Kier alpha value is -1.82. The third kappa shape index (κ3) is 2.96. The van der Waals surface area contributed by atoms with Crippen molar-refractivity contribution in [3.63, 3.8) is 0 Å². The number of nitrogens with one attached hydrogen (secondary N) is 1. The Bertz CT molecular complexity index is 493. The molecular weight excluding hydrogens is 248 g/mol. The first kappa shape index (κ1) is 15.2. The van der Waals surface area contributed by atoms with Gasteiger partial charge in [0, 0.05) is 19.9 Å². The number of ether oxygens (including phenoxy) is 1. The molecule has 6 nitrogen and oxygen atoms in total. The summed E-state index contributed by atoms with van der Waals surface area (Å²) in [5.41, 5.74) is 1.51. The number of aromatic amines is 1. The highest BCUT2D eigenvalue weighted by molar-refractivity contribution is 6.00. The van der Waals surface area contributed by atoms with Gasteiger partial charge in [0.1, 0.15) is 5.69 Å². The van der Waals surface area contributed by atoms with Gasteiger partial charge < -0.3 is 19.7 Å². The van der Waals surface area contributed by atoms with Gasteiger partial charge in [-0.25, -0.2) is 4.79 Å². The van der Waals surface area contributed by atoms with Gasteiger partial charge in [-0.2, -0.15) is 0 Å². The number of methoxy groups -OCH3 is 1. The molecule has 1 atom stereocenters. The van der Waals surface area contributed by atoms with Crippen molar-refractivity contribution in [3.05, 3.63) is 22.5 Å². The Labute approximate surface area is 112 Å². The number of carboxylic acids is 1. The summed E-state index contributed by atoms with van der Waals surface area (Å²) >= 11 is 0. The minimum atomic E-state index is -1.06. The Morgan fingerprint density at radius 2 is 2.00 bits per heavy atom. The van der Waals surface area contributed by atoms with Crippen LogP contribution in [0.25, 0.3) is 0 Å². The molecule has 1 heterocycles. The van der Waals surface area contributed by atoms with Gasteiger partial charge in [-0.1, -0.05) is 0 Å². The lowest BCUT2D eigenvalue weighted by Gasteiger charge is -2.24. The molecule has 1 amide bonds. The molecule has 1 unspecified atom stereocenters. The van der Waals surface area contributed by atoms with E-state index in [4.69, 9.17) is 9.84 Å². The Kier molecular flexibility index (Phi) is 4.72. The van der Waals surface area contributed by atoms with Crippen LogP contribution >= 0.6 is 0 Å². The van der Waals surface area contributed by atoms with E-state index in [2.05, 4.69) is 4.98 Å². The lowest BCUT2D eigenvalue weighted by molar-refractivity contribution is 0.0632. The first-order valence-electron chi connectivity index (χ1n) is 5.99. The third-order valence-corrected chi connectivity index (χ3v) is 3.25. The van der Waals surface area contributed by atoms with Crippen LogP contribution in [0, 0.1) is 13.8 Å². The lowest BCUT2D eigenvalue weighted by Crippen LogP contribution is -2.38. The van der Waals surface area contributed by atoms with Gasteiger partial charge in [0.2, 0.25) is 0 Å². The molecule has 0 radical (unpaired) electrons. The van der Waals surface area contributed by atoms with Gasteiger partial charge in [-0.15, -0.1) is 0 Å². The van der Waals surface area contributed by atoms with Crippen LogP contribution in [0.4, 0.5) is 0 Å². The van der Waals surface area contributed by atoms with Crippen molar-refractivity contribution in [1.82, 2.24) is 9.88 Å². The second kappa shape index (κ2) is 5.88. The Balaban J connectivity index is 3.10. The number of carboxylic acid groups (broad SMARTS) is 1. The molecule has 19 heavy (non-hydrogen) atoms. The van der Waals surface area contributed by atoms with Crippen LogP contribution in [-0.4, -0.2) is 53.7 Å². The zero-order valence-electron chi connectivity index (χ0n) is 11.9. The van der Waals surface area contributed by atoms with E-state index < -0.39 is 5.97 Å². The number of aryl methyl sites for hydroxylation is 1. The molecule has 0 spiro atoms. The summed E-state index contributed by atoms with van der Waals surface area (Å²) in [6, 6.07) is -0.0838. The molecule has 0 aromatic carbocycles. The van der Waals surface area contributed by atoms with Crippen LogP contribution in [0.2, 0.25) is 0 Å². The van der Waals surface area contributed by atoms with Crippen molar-refractivity contribution in [2.24, 2.45) is 0 Å². The number of nitrogens with zero attached hydrogens (tertiary/aromatic N) is 1. The van der Waals surface area contributed by atoms with Gasteiger partial charge in [0.25, 0.3) is 5.91 Å². The second-order valence-corrected chi connectivity index (χ2v) is 4.65. The Morgan fingerprint density at radius 1 is 1.42 bits per heavy atom. The van der Waals surface area contributed by atoms with Crippen molar-refractivity contribution in [2.45, 2.75) is 26.8 Å². The molecule has 2 N–H and O–H groups in total. The monoisotopic (exact) mass is 268 g/mol. The molecule has 0 aliphatic heterocycles. The van der Waals surface area contributed by atoms with E-state index >= 15 is 0 Å². The number of amides is 1. The molecule has 0 bridgehead atoms. The van der Waals surface area contributed by atoms with Crippen LogP contribution < -0.4 is 0 Å². The van der Waals surface area contributed by atoms with Crippen molar-refractivity contribution in [3.8, 4) is 0 Å². The summed E-state index contributed by atoms with van der Waals surface area (Å²) in [6.07, 6.45) is 0. The zero-order valence-corrected chi connectivity index (χ0v) is 11.9. The van der Waals surface area contributed by atoms with E-state index in [1.807, 2.05) is 6.92 Å². The van der Waals surface area contributed by atoms with Gasteiger partial charge in [-0.3, -0.25) is 4.79 Å². The van der Waals surface area contributed by atoms with Gasteiger partial charge >= 0.3 is 5.97 Å². The number of hydrogen-bond acceptors (Lipinski definition) is 3. The first-order valence-corrected chi connectivity index (χ1v) is 5.99. The average molecular weight is 268 g/mol. The maximum atomic E-state index is 12.4. The molecule has 0 saturated heterocycles. The van der Waals surface area contributed by atoms with Gasteiger partial charge in [0.05, 0.1) is 18.2 Å². The normalized spacial score (nSPS) is 12.3. The second-order valence-electron chi connectivity index (χ2n) is 4.65. The SMILES string of the molecule is COCC(C)N(C)C(=O)c1c(C)[nH]c(C(=O)O)c1C. The fourth-order valence-electron chi connectivity index (χ4n) is 2.01. The maximum absolute atomic E-state index is 12.4. The molecule has 1 aromatic heterocycles. The molecule has 1 aromatic rings. The van der Waals surface area contributed by atoms with E-state index in [1.165, 1.54) is 0 Å². The highest BCUT2D eigenvalue weighted by atomic mass is 16.5. The predicted molar refractivity (Wildman–Crippen MR) is 70.7 cm³/mol. The van der Waals surface area contributed by atoms with E-state index in [0.717, 1.165) is 0 Å². The minimum Gasteiger partial charge on any atom is -0.477 e. The van der Waals surface area contributed by atoms with E-state index in [-0.39, 0.29) is 17.6 Å². The summed E-state index contributed by atoms with van der Waals surface area (Å²) < 4.78 is 5.02. The summed E-state index contributed by atoms with van der Waals surface area (Å²) in [7, 11) is 3.25. The van der Waals surface area contributed by atoms with Crippen molar-refractivity contribution in [2.75, 3.05) is 20.8 Å². The predicted octanol–water partition coefficient (Wildman–Crippen LogP) is 1.44. The number of carbonyl (C=O) groups is 2. The van der Waals surface area contributed by atoms with Gasteiger partial charge in [-0.05, 0) is 26.3 Å². The highest BCUT2D eigenvalue weighted by Gasteiger charge is 2.25. The fraction of sp³-hybridized carbons (Fsp3) is 0.538. The average Bonchev–Trinajstić information content (AvgIpc) is 2.63. The number of hydrogen-bond donors (Lipinski definition) is 2. The van der Waals surface area contributed by atoms with E-state index in [1.54, 1.807) is 32.9 Å². The highest BCUT2D eigenvalue weighted by Crippen LogP contribution is 2.20. The smallest absolute Gasteiger partial charge is 0.352 e. The van der Waals surface area contributed by atoms with Crippen LogP contribution in [0.3, 0.4) is 0 Å². The molecule has 0 aliphatic rings. The number of carbonyl (C=O) groups excluding carboxylic acids is 1. The molecule has 0 aliphatic carbocycles. The number of H-pyrrole nitrogens is 1. The van der Waals surface area contributed by atoms with Crippen LogP contribution in [0.1, 0.15) is 39.0 Å². The van der Waals surface area contributed by atoms with E-state index in [9.17, 15) is 9.59 Å². The maximum Gasteiger partial charge on any atom is 0.352 e. The number of likely N-dealkylation sites (N-methyl/N-ethyl adjacent to an activating group) is 1. The molecule has 0 saturated carbocycles. The third-order valence-electron chi connectivity index (χ3n) is 3.25. The van der Waals surface area contributed by atoms with Crippen LogP contribution in [-0.2, 0) is 4.74 Å². The number of aromatic carboxylic acids is 1. The fourth-order valence-corrected chi connectivity index (χ4v) is 2.01. The standard InChI is InChI=1S/C13H20N2O4/c1-7(6-19-5)15(4)12(16)10-8(2)11(13(17)18)14-9(10)3/h7,14H,6H2,1-5H3,(H,17,18). The molecule has 1 rings (SSSR count). The topological polar surface area (TPSA) is 82.6 Å².